The van der Waals surface area contributed by atoms with Crippen LogP contribution in [0.2, 0.25) is 0 Å². The van der Waals surface area contributed by atoms with Gasteiger partial charge in [-0.05, 0) is 43.2 Å². The maximum atomic E-state index is 12.4. The van der Waals surface area contributed by atoms with Gasteiger partial charge in [0.2, 0.25) is 5.91 Å². The summed E-state index contributed by atoms with van der Waals surface area (Å²) in [6, 6.07) is 14.1. The highest BCUT2D eigenvalue weighted by molar-refractivity contribution is 5.92. The van der Waals surface area contributed by atoms with Crippen LogP contribution in [-0.2, 0) is 16.1 Å². The van der Waals surface area contributed by atoms with E-state index in [0.717, 1.165) is 62.5 Å². The molecule has 1 saturated heterocycles. The van der Waals surface area contributed by atoms with Crippen molar-refractivity contribution < 1.29 is 9.53 Å². The van der Waals surface area contributed by atoms with Gasteiger partial charge in [-0.2, -0.15) is 5.10 Å². The van der Waals surface area contributed by atoms with E-state index >= 15 is 0 Å². The third-order valence-electron chi connectivity index (χ3n) is 5.63. The molecule has 4 rings (SSSR count). The summed E-state index contributed by atoms with van der Waals surface area (Å²) in [4.78, 5) is 19.0. The fourth-order valence-electron chi connectivity index (χ4n) is 3.86. The van der Waals surface area contributed by atoms with Crippen LogP contribution >= 0.6 is 0 Å². The van der Waals surface area contributed by atoms with Gasteiger partial charge in [-0.1, -0.05) is 30.3 Å². The molecule has 7 nitrogen and oxygen atoms in total. The first-order valence-electron chi connectivity index (χ1n) is 11.6. The van der Waals surface area contributed by atoms with E-state index in [1.54, 1.807) is 18.5 Å². The van der Waals surface area contributed by atoms with E-state index in [4.69, 9.17) is 9.84 Å². The van der Waals surface area contributed by atoms with Crippen LogP contribution in [-0.4, -0.2) is 65.0 Å². The first-order chi connectivity index (χ1) is 16.3. The van der Waals surface area contributed by atoms with Gasteiger partial charge in [0.15, 0.2) is 0 Å². The Bertz CT molecular complexity index is 1030. The molecule has 1 aliphatic heterocycles. The molecule has 1 fully saturated rings. The van der Waals surface area contributed by atoms with E-state index in [0.29, 0.717) is 13.1 Å². The second kappa shape index (κ2) is 12.1. The van der Waals surface area contributed by atoms with Crippen molar-refractivity contribution in [3.05, 3.63) is 78.3 Å². The van der Waals surface area contributed by atoms with Crippen LogP contribution in [0.5, 0.6) is 0 Å². The molecule has 1 amide bonds. The van der Waals surface area contributed by atoms with Crippen LogP contribution in [0.15, 0.2) is 67.1 Å². The van der Waals surface area contributed by atoms with E-state index in [1.807, 2.05) is 47.3 Å². The van der Waals surface area contributed by atoms with E-state index in [9.17, 15) is 4.79 Å². The van der Waals surface area contributed by atoms with Crippen molar-refractivity contribution in [2.75, 3.05) is 39.4 Å². The molecule has 1 N–H and O–H groups in total. The van der Waals surface area contributed by atoms with Gasteiger partial charge >= 0.3 is 0 Å². The molecular formula is C26H31N5O2. The quantitative estimate of drug-likeness (QED) is 0.383. The van der Waals surface area contributed by atoms with Gasteiger partial charge in [0.05, 0.1) is 19.8 Å². The zero-order valence-corrected chi connectivity index (χ0v) is 18.9. The fraction of sp³-hybridized carbons (Fsp3) is 0.346. The van der Waals surface area contributed by atoms with Crippen LogP contribution in [0.25, 0.3) is 17.3 Å². The Labute approximate surface area is 195 Å². The average molecular weight is 446 g/mol. The molecule has 1 aliphatic rings. The van der Waals surface area contributed by atoms with Gasteiger partial charge in [0.25, 0.3) is 0 Å². The number of benzene rings is 1. The Morgan fingerprint density at radius 1 is 1.09 bits per heavy atom. The Morgan fingerprint density at radius 2 is 1.94 bits per heavy atom. The number of hydrogen-bond acceptors (Lipinski definition) is 5. The molecule has 3 heterocycles. The number of morpholine rings is 1. The number of ether oxygens (including phenoxy) is 1. The van der Waals surface area contributed by atoms with Crippen LogP contribution in [0.4, 0.5) is 0 Å². The molecule has 0 saturated carbocycles. The maximum absolute atomic E-state index is 12.4. The first kappa shape index (κ1) is 22.9. The lowest BCUT2D eigenvalue weighted by molar-refractivity contribution is -0.116. The number of nitrogens with zero attached hydrogens (tertiary/aromatic N) is 4. The number of rotatable bonds is 10. The highest BCUT2D eigenvalue weighted by Gasteiger charge is 2.11. The lowest BCUT2D eigenvalue weighted by Gasteiger charge is -2.26. The summed E-state index contributed by atoms with van der Waals surface area (Å²) in [7, 11) is 0. The van der Waals surface area contributed by atoms with E-state index < -0.39 is 0 Å². The van der Waals surface area contributed by atoms with Crippen molar-refractivity contribution in [2.24, 2.45) is 0 Å². The molecule has 0 spiro atoms. The van der Waals surface area contributed by atoms with Crippen molar-refractivity contribution in [1.29, 1.82) is 0 Å². The van der Waals surface area contributed by atoms with Gasteiger partial charge in [-0.25, -0.2) is 0 Å². The highest BCUT2D eigenvalue weighted by Crippen LogP contribution is 2.23. The summed E-state index contributed by atoms with van der Waals surface area (Å²) in [6.45, 7) is 6.06. The Morgan fingerprint density at radius 3 is 2.73 bits per heavy atom. The lowest BCUT2D eigenvalue weighted by atomic mass is 10.1. The van der Waals surface area contributed by atoms with Gasteiger partial charge < -0.3 is 10.1 Å². The molecule has 0 aliphatic carbocycles. The summed E-state index contributed by atoms with van der Waals surface area (Å²) < 4.78 is 7.28. The summed E-state index contributed by atoms with van der Waals surface area (Å²) in [5.74, 6) is -0.0886. The molecule has 0 radical (unpaired) electrons. The van der Waals surface area contributed by atoms with E-state index in [2.05, 4.69) is 27.3 Å². The minimum absolute atomic E-state index is 0.0886. The molecule has 7 heteroatoms. The van der Waals surface area contributed by atoms with Crippen LogP contribution in [0.1, 0.15) is 24.0 Å². The highest BCUT2D eigenvalue weighted by atomic mass is 16.5. The monoisotopic (exact) mass is 445 g/mol. The molecule has 2 aromatic heterocycles. The summed E-state index contributed by atoms with van der Waals surface area (Å²) in [5, 5.41) is 7.75. The van der Waals surface area contributed by atoms with E-state index in [1.165, 1.54) is 5.56 Å². The fourth-order valence-corrected chi connectivity index (χ4v) is 3.86. The Kier molecular flexibility index (Phi) is 8.38. The second-order valence-corrected chi connectivity index (χ2v) is 8.14. The van der Waals surface area contributed by atoms with Crippen molar-refractivity contribution in [2.45, 2.75) is 19.4 Å². The zero-order chi connectivity index (χ0) is 22.7. The van der Waals surface area contributed by atoms with Crippen LogP contribution < -0.4 is 5.32 Å². The molecule has 1 aromatic carbocycles. The number of hydrogen-bond donors (Lipinski definition) is 1. The topological polar surface area (TPSA) is 72.3 Å². The smallest absolute Gasteiger partial charge is 0.244 e. The number of pyridine rings is 1. The molecule has 3 aromatic rings. The summed E-state index contributed by atoms with van der Waals surface area (Å²) in [6.07, 6.45) is 11.0. The van der Waals surface area contributed by atoms with Gasteiger partial charge in [-0.15, -0.1) is 0 Å². The lowest BCUT2D eigenvalue weighted by Crippen LogP contribution is -2.37. The largest absolute Gasteiger partial charge is 0.379 e. The number of aromatic nitrogens is 3. The zero-order valence-electron chi connectivity index (χ0n) is 18.9. The van der Waals surface area contributed by atoms with Crippen LogP contribution in [0.3, 0.4) is 0 Å². The minimum Gasteiger partial charge on any atom is -0.379 e. The van der Waals surface area contributed by atoms with Crippen LogP contribution in [0, 0.1) is 0 Å². The van der Waals surface area contributed by atoms with E-state index in [-0.39, 0.29) is 5.91 Å². The predicted octanol–water partition coefficient (Wildman–Crippen LogP) is 3.24. The summed E-state index contributed by atoms with van der Waals surface area (Å²) >= 11 is 0. The van der Waals surface area contributed by atoms with Crippen molar-refractivity contribution in [3.8, 4) is 11.3 Å². The van der Waals surface area contributed by atoms with Crippen molar-refractivity contribution in [3.63, 3.8) is 0 Å². The maximum Gasteiger partial charge on any atom is 0.244 e. The SMILES string of the molecule is O=C(C=Cc1cn(Cc2ccccc2)nc1-c1cccnc1)NCCCCN1CCOCC1. The third-order valence-corrected chi connectivity index (χ3v) is 5.63. The average Bonchev–Trinajstić information content (AvgIpc) is 3.27. The Hall–Kier alpha value is -3.29. The number of carbonyl (C=O) groups excluding carboxylic acids is 1. The van der Waals surface area contributed by atoms with Crippen molar-refractivity contribution >= 4 is 12.0 Å². The molecule has 33 heavy (non-hydrogen) atoms. The van der Waals surface area contributed by atoms with Gasteiger partial charge in [0.1, 0.15) is 5.69 Å². The standard InChI is InChI=1S/C26H31N5O2/c32-25(28-13-4-5-14-30-15-17-33-18-16-30)11-10-24-21-31(20-22-7-2-1-3-8-22)29-26(24)23-9-6-12-27-19-23/h1-3,6-12,19,21H,4-5,13-18,20H2,(H,28,32). The van der Waals surface area contributed by atoms with Gasteiger partial charge in [0, 0.05) is 55.4 Å². The number of carbonyl (C=O) groups is 1. The van der Waals surface area contributed by atoms with Crippen molar-refractivity contribution in [1.82, 2.24) is 25.0 Å². The second-order valence-electron chi connectivity index (χ2n) is 8.14. The first-order valence-corrected chi connectivity index (χ1v) is 11.6. The normalized spacial score (nSPS) is 14.5. The number of nitrogens with one attached hydrogen (secondary N) is 1. The van der Waals surface area contributed by atoms with Gasteiger partial charge in [-0.3, -0.25) is 19.4 Å². The molecule has 0 atom stereocenters. The number of amides is 1. The molecule has 0 unspecified atom stereocenters. The molecular weight excluding hydrogens is 414 g/mol. The number of unbranched alkanes of at least 4 members (excludes halogenated alkanes) is 1. The minimum atomic E-state index is -0.0886. The summed E-state index contributed by atoms with van der Waals surface area (Å²) in [5.41, 5.74) is 3.80. The Balaban J connectivity index is 1.33. The third kappa shape index (κ3) is 7.10. The predicted molar refractivity (Wildman–Crippen MR) is 130 cm³/mol. The molecule has 172 valence electrons. The molecule has 0 bridgehead atoms.